The van der Waals surface area contributed by atoms with Crippen LogP contribution in [0.5, 0.6) is 0 Å². The molecule has 0 atom stereocenters. The lowest BCUT2D eigenvalue weighted by atomic mass is 10.1. The van der Waals surface area contributed by atoms with Crippen molar-refractivity contribution in [3.63, 3.8) is 0 Å². The molecular weight excluding hydrogens is 306 g/mol. The Morgan fingerprint density at radius 3 is 2.50 bits per heavy atom. The van der Waals surface area contributed by atoms with Gasteiger partial charge >= 0.3 is 0 Å². The van der Waals surface area contributed by atoms with Crippen molar-refractivity contribution in [2.45, 2.75) is 65.2 Å². The van der Waals surface area contributed by atoms with E-state index in [1.807, 2.05) is 0 Å². The molecule has 0 saturated carbocycles. The van der Waals surface area contributed by atoms with Crippen molar-refractivity contribution in [1.82, 2.24) is 5.43 Å². The average Bonchev–Trinajstić information content (AvgIpc) is 2.59. The molecular formula is C18H27N3O3. The SMILES string of the molecule is CCCCCCCCCC(=O)NN=C(C)c1cccc([N+](=O)[O-])c1. The van der Waals surface area contributed by atoms with Gasteiger partial charge in [0.25, 0.3) is 5.69 Å². The maximum atomic E-state index is 11.8. The van der Waals surface area contributed by atoms with E-state index < -0.39 is 4.92 Å². The molecule has 1 N–H and O–H groups in total. The molecule has 0 aliphatic carbocycles. The van der Waals surface area contributed by atoms with Gasteiger partial charge in [0.15, 0.2) is 0 Å². The van der Waals surface area contributed by atoms with Gasteiger partial charge in [-0.2, -0.15) is 5.10 Å². The van der Waals surface area contributed by atoms with Crippen molar-refractivity contribution in [2.24, 2.45) is 5.10 Å². The van der Waals surface area contributed by atoms with Gasteiger partial charge in [0.2, 0.25) is 5.91 Å². The number of carbonyl (C=O) groups is 1. The molecule has 1 rings (SSSR count). The van der Waals surface area contributed by atoms with E-state index in [1.165, 1.54) is 44.2 Å². The Kier molecular flexibility index (Phi) is 9.34. The predicted octanol–water partition coefficient (Wildman–Crippen LogP) is 4.58. The van der Waals surface area contributed by atoms with Crippen LogP contribution in [0.4, 0.5) is 5.69 Å². The number of non-ortho nitro benzene ring substituents is 1. The molecule has 0 saturated heterocycles. The van der Waals surface area contributed by atoms with E-state index in [1.54, 1.807) is 19.1 Å². The smallest absolute Gasteiger partial charge is 0.270 e. The van der Waals surface area contributed by atoms with Gasteiger partial charge in [-0.3, -0.25) is 14.9 Å². The van der Waals surface area contributed by atoms with Gasteiger partial charge in [-0.05, 0) is 13.3 Å². The van der Waals surface area contributed by atoms with Crippen LogP contribution < -0.4 is 5.43 Å². The van der Waals surface area contributed by atoms with Crippen LogP contribution in [0.3, 0.4) is 0 Å². The molecule has 0 aromatic heterocycles. The quantitative estimate of drug-likeness (QED) is 0.278. The summed E-state index contributed by atoms with van der Waals surface area (Å²) in [5.74, 6) is -0.117. The molecule has 1 aromatic carbocycles. The Morgan fingerprint density at radius 1 is 1.17 bits per heavy atom. The zero-order valence-corrected chi connectivity index (χ0v) is 14.6. The topological polar surface area (TPSA) is 84.6 Å². The molecule has 0 heterocycles. The summed E-state index contributed by atoms with van der Waals surface area (Å²) < 4.78 is 0. The van der Waals surface area contributed by atoms with Crippen molar-refractivity contribution in [2.75, 3.05) is 0 Å². The summed E-state index contributed by atoms with van der Waals surface area (Å²) in [4.78, 5) is 22.1. The Bertz CT molecular complexity index is 570. The van der Waals surface area contributed by atoms with Crippen LogP contribution in [0, 0.1) is 10.1 Å². The molecule has 0 fully saturated rings. The lowest BCUT2D eigenvalue weighted by Crippen LogP contribution is -2.18. The van der Waals surface area contributed by atoms with Gasteiger partial charge < -0.3 is 0 Å². The van der Waals surface area contributed by atoms with Crippen LogP contribution in [0.25, 0.3) is 0 Å². The molecule has 24 heavy (non-hydrogen) atoms. The molecule has 1 aromatic rings. The number of hydrogen-bond acceptors (Lipinski definition) is 4. The lowest BCUT2D eigenvalue weighted by Gasteiger charge is -2.03. The van der Waals surface area contributed by atoms with Gasteiger partial charge in [-0.15, -0.1) is 0 Å². The number of nitro groups is 1. The average molecular weight is 333 g/mol. The number of nitrogens with one attached hydrogen (secondary N) is 1. The van der Waals surface area contributed by atoms with Gasteiger partial charge in [0.1, 0.15) is 0 Å². The number of unbranched alkanes of at least 4 members (excludes halogenated alkanes) is 6. The number of nitro benzene ring substituents is 1. The highest BCUT2D eigenvalue weighted by Crippen LogP contribution is 2.13. The summed E-state index contributed by atoms with van der Waals surface area (Å²) in [6, 6.07) is 6.21. The number of nitrogens with zero attached hydrogens (tertiary/aromatic N) is 2. The minimum atomic E-state index is -0.449. The first-order valence-electron chi connectivity index (χ1n) is 8.62. The zero-order chi connectivity index (χ0) is 17.8. The number of amides is 1. The second-order valence-electron chi connectivity index (χ2n) is 5.91. The molecule has 0 radical (unpaired) electrons. The molecule has 0 spiro atoms. The second kappa shape index (κ2) is 11.3. The summed E-state index contributed by atoms with van der Waals surface area (Å²) in [6.45, 7) is 3.91. The Labute approximate surface area is 143 Å². The van der Waals surface area contributed by atoms with Crippen molar-refractivity contribution in [3.8, 4) is 0 Å². The third kappa shape index (κ3) is 7.85. The summed E-state index contributed by atoms with van der Waals surface area (Å²) in [5, 5.41) is 14.8. The first-order valence-corrected chi connectivity index (χ1v) is 8.62. The fourth-order valence-corrected chi connectivity index (χ4v) is 2.35. The van der Waals surface area contributed by atoms with E-state index in [0.29, 0.717) is 17.7 Å². The fourth-order valence-electron chi connectivity index (χ4n) is 2.35. The normalized spacial score (nSPS) is 11.3. The number of hydrazone groups is 1. The fraction of sp³-hybridized carbons (Fsp3) is 0.556. The molecule has 6 nitrogen and oxygen atoms in total. The van der Waals surface area contributed by atoms with Crippen LogP contribution in [0.2, 0.25) is 0 Å². The van der Waals surface area contributed by atoms with Crippen molar-refractivity contribution < 1.29 is 9.72 Å². The van der Waals surface area contributed by atoms with E-state index >= 15 is 0 Å². The van der Waals surface area contributed by atoms with E-state index in [2.05, 4.69) is 17.5 Å². The second-order valence-corrected chi connectivity index (χ2v) is 5.91. The molecule has 0 aliphatic rings. The number of benzene rings is 1. The van der Waals surface area contributed by atoms with Crippen molar-refractivity contribution >= 4 is 17.3 Å². The minimum Gasteiger partial charge on any atom is -0.273 e. The molecule has 132 valence electrons. The molecule has 0 bridgehead atoms. The van der Waals surface area contributed by atoms with Gasteiger partial charge in [-0.1, -0.05) is 57.6 Å². The summed E-state index contributed by atoms with van der Waals surface area (Å²) in [5.41, 5.74) is 3.70. The van der Waals surface area contributed by atoms with Gasteiger partial charge in [0, 0.05) is 24.1 Å². The van der Waals surface area contributed by atoms with Gasteiger partial charge in [-0.25, -0.2) is 5.43 Å². The number of carbonyl (C=O) groups excluding carboxylic acids is 1. The maximum absolute atomic E-state index is 11.8. The third-order valence-corrected chi connectivity index (χ3v) is 3.83. The molecule has 6 heteroatoms. The van der Waals surface area contributed by atoms with Gasteiger partial charge in [0.05, 0.1) is 10.6 Å². The predicted molar refractivity (Wildman–Crippen MR) is 96.1 cm³/mol. The van der Waals surface area contributed by atoms with Crippen molar-refractivity contribution in [1.29, 1.82) is 0 Å². The Morgan fingerprint density at radius 2 is 1.83 bits per heavy atom. The first kappa shape index (κ1) is 19.8. The van der Waals surface area contributed by atoms with E-state index in [0.717, 1.165) is 12.8 Å². The monoisotopic (exact) mass is 333 g/mol. The van der Waals surface area contributed by atoms with Crippen LogP contribution in [0.1, 0.15) is 70.8 Å². The minimum absolute atomic E-state index is 0.0106. The third-order valence-electron chi connectivity index (χ3n) is 3.83. The Hall–Kier alpha value is -2.24. The van der Waals surface area contributed by atoms with E-state index in [-0.39, 0.29) is 11.6 Å². The highest BCUT2D eigenvalue weighted by molar-refractivity contribution is 5.99. The lowest BCUT2D eigenvalue weighted by molar-refractivity contribution is -0.384. The van der Waals surface area contributed by atoms with E-state index in [4.69, 9.17) is 0 Å². The van der Waals surface area contributed by atoms with Crippen LogP contribution >= 0.6 is 0 Å². The largest absolute Gasteiger partial charge is 0.273 e. The molecule has 0 aliphatic heterocycles. The Balaban J connectivity index is 2.33. The maximum Gasteiger partial charge on any atom is 0.270 e. The number of rotatable bonds is 11. The van der Waals surface area contributed by atoms with Crippen LogP contribution in [-0.2, 0) is 4.79 Å². The highest BCUT2D eigenvalue weighted by Gasteiger charge is 2.07. The number of hydrogen-bond donors (Lipinski definition) is 1. The molecule has 1 amide bonds. The standard InChI is InChI=1S/C18H27N3O3/c1-3-4-5-6-7-8-9-13-18(22)20-19-15(2)16-11-10-12-17(14-16)21(23)24/h10-12,14H,3-9,13H2,1-2H3,(H,20,22). The zero-order valence-electron chi connectivity index (χ0n) is 14.6. The first-order chi connectivity index (χ1) is 11.5. The van der Waals surface area contributed by atoms with Crippen LogP contribution in [-0.4, -0.2) is 16.5 Å². The molecule has 0 unspecified atom stereocenters. The van der Waals surface area contributed by atoms with Crippen LogP contribution in [0.15, 0.2) is 29.4 Å². The summed E-state index contributed by atoms with van der Waals surface area (Å²) in [6.07, 6.45) is 8.59. The van der Waals surface area contributed by atoms with Crippen molar-refractivity contribution in [3.05, 3.63) is 39.9 Å². The highest BCUT2D eigenvalue weighted by atomic mass is 16.6. The summed E-state index contributed by atoms with van der Waals surface area (Å²) in [7, 11) is 0. The summed E-state index contributed by atoms with van der Waals surface area (Å²) >= 11 is 0. The van der Waals surface area contributed by atoms with E-state index in [9.17, 15) is 14.9 Å².